The second-order valence-electron chi connectivity index (χ2n) is 2.56. The maximum absolute atomic E-state index is 3.67. The molecule has 0 N–H and O–H groups in total. The topological polar surface area (TPSA) is 0 Å². The molecule has 0 saturated heterocycles. The number of allylic oxidation sites excluding steroid dienone is 4. The van der Waals surface area contributed by atoms with Gasteiger partial charge in [-0.25, -0.2) is 0 Å². The Balaban J connectivity index is 3.02. The van der Waals surface area contributed by atoms with E-state index in [1.165, 1.54) is 12.8 Å². The minimum Gasteiger partial charge on any atom is -0.103 e. The Bertz CT molecular complexity index is 120. The lowest BCUT2D eigenvalue weighted by atomic mass is 10.2. The zero-order valence-corrected chi connectivity index (χ0v) is 7.26. The summed E-state index contributed by atoms with van der Waals surface area (Å²) >= 11 is 0. The summed E-state index contributed by atoms with van der Waals surface area (Å²) in [5.41, 5.74) is 0. The fraction of sp³-hybridized carbons (Fsp3) is 0.455. The third-order valence-corrected chi connectivity index (χ3v) is 1.48. The van der Waals surface area contributed by atoms with Crippen molar-refractivity contribution in [2.24, 2.45) is 0 Å². The predicted octanol–water partition coefficient (Wildman–Crippen LogP) is 3.87. The van der Waals surface area contributed by atoms with Gasteiger partial charge >= 0.3 is 0 Å². The lowest BCUT2D eigenvalue weighted by Gasteiger charge is -1.88. The zero-order chi connectivity index (χ0) is 8.36. The highest BCUT2D eigenvalue weighted by molar-refractivity contribution is 4.84. The van der Waals surface area contributed by atoms with Gasteiger partial charge in [0.15, 0.2) is 0 Å². The van der Waals surface area contributed by atoms with Gasteiger partial charge in [-0.05, 0) is 32.1 Å². The van der Waals surface area contributed by atoms with Crippen LogP contribution in [0.15, 0.2) is 37.5 Å². The van der Waals surface area contributed by atoms with E-state index < -0.39 is 0 Å². The first kappa shape index (κ1) is 10.2. The van der Waals surface area contributed by atoms with Crippen molar-refractivity contribution in [2.75, 3.05) is 0 Å². The Morgan fingerprint density at radius 1 is 0.727 bits per heavy atom. The first-order valence-electron chi connectivity index (χ1n) is 4.28. The van der Waals surface area contributed by atoms with Gasteiger partial charge in [-0.15, -0.1) is 13.2 Å². The number of unbranched alkanes of at least 4 members (excludes halogenated alkanes) is 3. The molecule has 0 heterocycles. The van der Waals surface area contributed by atoms with E-state index in [0.29, 0.717) is 0 Å². The summed E-state index contributed by atoms with van der Waals surface area (Å²) in [4.78, 5) is 0. The SMILES string of the molecule is C=CCC/C=C/CCCC=C. The monoisotopic (exact) mass is 150 g/mol. The highest BCUT2D eigenvalue weighted by atomic mass is 13.8. The van der Waals surface area contributed by atoms with Crippen LogP contribution in [-0.2, 0) is 0 Å². The van der Waals surface area contributed by atoms with Crippen LogP contribution in [-0.4, -0.2) is 0 Å². The third kappa shape index (κ3) is 9.22. The van der Waals surface area contributed by atoms with Crippen molar-refractivity contribution in [3.8, 4) is 0 Å². The molecule has 62 valence electrons. The van der Waals surface area contributed by atoms with E-state index in [0.717, 1.165) is 19.3 Å². The van der Waals surface area contributed by atoms with Crippen molar-refractivity contribution in [3.05, 3.63) is 37.5 Å². The van der Waals surface area contributed by atoms with E-state index in [1.54, 1.807) is 0 Å². The molecule has 0 spiro atoms. The molecule has 0 aromatic carbocycles. The smallest absolute Gasteiger partial charge is 0.0316 e. The van der Waals surface area contributed by atoms with E-state index >= 15 is 0 Å². The van der Waals surface area contributed by atoms with Crippen LogP contribution in [0.25, 0.3) is 0 Å². The predicted molar refractivity (Wildman–Crippen MR) is 52.6 cm³/mol. The molecule has 0 unspecified atom stereocenters. The van der Waals surface area contributed by atoms with Crippen molar-refractivity contribution in [2.45, 2.75) is 32.1 Å². The Morgan fingerprint density at radius 2 is 1.36 bits per heavy atom. The molecule has 0 aliphatic carbocycles. The Labute approximate surface area is 70.3 Å². The molecule has 0 amide bonds. The molecule has 0 radical (unpaired) electrons. The Morgan fingerprint density at radius 3 is 2.00 bits per heavy atom. The van der Waals surface area contributed by atoms with E-state index in [4.69, 9.17) is 0 Å². The second kappa shape index (κ2) is 9.22. The highest BCUT2D eigenvalue weighted by Crippen LogP contribution is 1.98. The fourth-order valence-corrected chi connectivity index (χ4v) is 0.830. The molecule has 0 nitrogen and oxygen atoms in total. The van der Waals surface area contributed by atoms with Gasteiger partial charge in [0.2, 0.25) is 0 Å². The summed E-state index contributed by atoms with van der Waals surface area (Å²) in [7, 11) is 0. The van der Waals surface area contributed by atoms with Crippen molar-refractivity contribution in [1.29, 1.82) is 0 Å². The van der Waals surface area contributed by atoms with Crippen LogP contribution in [0.3, 0.4) is 0 Å². The molecule has 0 fully saturated rings. The molecule has 0 aliphatic rings. The standard InChI is InChI=1S/C11H18/c1-3-5-7-9-11-10-8-6-4-2/h3-4,9,11H,1-2,5-8,10H2/b11-9+. The van der Waals surface area contributed by atoms with Crippen LogP contribution in [0.5, 0.6) is 0 Å². The highest BCUT2D eigenvalue weighted by Gasteiger charge is 1.78. The van der Waals surface area contributed by atoms with Gasteiger partial charge in [0.1, 0.15) is 0 Å². The average Bonchev–Trinajstić information content (AvgIpc) is 2.03. The van der Waals surface area contributed by atoms with Gasteiger partial charge in [0.25, 0.3) is 0 Å². The average molecular weight is 150 g/mol. The van der Waals surface area contributed by atoms with Crippen molar-refractivity contribution in [3.63, 3.8) is 0 Å². The quantitative estimate of drug-likeness (QED) is 0.382. The van der Waals surface area contributed by atoms with E-state index in [1.807, 2.05) is 12.2 Å². The number of rotatable bonds is 7. The summed E-state index contributed by atoms with van der Waals surface area (Å²) in [5.74, 6) is 0. The second-order valence-corrected chi connectivity index (χ2v) is 2.56. The molecule has 11 heavy (non-hydrogen) atoms. The van der Waals surface area contributed by atoms with Gasteiger partial charge in [0, 0.05) is 0 Å². The van der Waals surface area contributed by atoms with Gasteiger partial charge in [-0.3, -0.25) is 0 Å². The molecule has 0 aromatic rings. The van der Waals surface area contributed by atoms with Crippen molar-refractivity contribution < 1.29 is 0 Å². The largest absolute Gasteiger partial charge is 0.103 e. The van der Waals surface area contributed by atoms with E-state index in [2.05, 4.69) is 25.3 Å². The normalized spacial score (nSPS) is 10.2. The minimum atomic E-state index is 1.10. The van der Waals surface area contributed by atoms with Gasteiger partial charge in [-0.2, -0.15) is 0 Å². The van der Waals surface area contributed by atoms with Gasteiger partial charge in [0.05, 0.1) is 0 Å². The molecule has 0 heteroatoms. The maximum Gasteiger partial charge on any atom is -0.0316 e. The Hall–Kier alpha value is -0.780. The Kier molecular flexibility index (Phi) is 8.57. The molecule has 0 aromatic heterocycles. The summed E-state index contributed by atoms with van der Waals surface area (Å²) in [6.07, 6.45) is 14.2. The van der Waals surface area contributed by atoms with Crippen LogP contribution in [0, 0.1) is 0 Å². The van der Waals surface area contributed by atoms with Crippen LogP contribution in [0.1, 0.15) is 32.1 Å². The van der Waals surface area contributed by atoms with Crippen LogP contribution in [0.2, 0.25) is 0 Å². The summed E-state index contributed by atoms with van der Waals surface area (Å²) in [6, 6.07) is 0. The van der Waals surface area contributed by atoms with E-state index in [-0.39, 0.29) is 0 Å². The van der Waals surface area contributed by atoms with Crippen LogP contribution < -0.4 is 0 Å². The maximum atomic E-state index is 3.67. The molecule has 0 atom stereocenters. The van der Waals surface area contributed by atoms with E-state index in [9.17, 15) is 0 Å². The summed E-state index contributed by atoms with van der Waals surface area (Å²) in [5, 5.41) is 0. The molecule has 0 aliphatic heterocycles. The van der Waals surface area contributed by atoms with Crippen molar-refractivity contribution >= 4 is 0 Å². The lowest BCUT2D eigenvalue weighted by molar-refractivity contribution is 0.864. The molecular formula is C11H18. The zero-order valence-electron chi connectivity index (χ0n) is 7.26. The van der Waals surface area contributed by atoms with Gasteiger partial charge in [-0.1, -0.05) is 24.3 Å². The van der Waals surface area contributed by atoms with Crippen LogP contribution >= 0.6 is 0 Å². The molecule has 0 saturated carbocycles. The molecular weight excluding hydrogens is 132 g/mol. The third-order valence-electron chi connectivity index (χ3n) is 1.48. The number of hydrogen-bond acceptors (Lipinski definition) is 0. The number of hydrogen-bond donors (Lipinski definition) is 0. The summed E-state index contributed by atoms with van der Waals surface area (Å²) in [6.45, 7) is 7.33. The lowest BCUT2D eigenvalue weighted by Crippen LogP contribution is -1.68. The minimum absolute atomic E-state index is 1.10. The first-order chi connectivity index (χ1) is 5.41. The molecule has 0 bridgehead atoms. The first-order valence-corrected chi connectivity index (χ1v) is 4.28. The van der Waals surface area contributed by atoms with Crippen molar-refractivity contribution in [1.82, 2.24) is 0 Å². The fourth-order valence-electron chi connectivity index (χ4n) is 0.830. The molecule has 0 rings (SSSR count). The van der Waals surface area contributed by atoms with Crippen LogP contribution in [0.4, 0.5) is 0 Å². The van der Waals surface area contributed by atoms with Gasteiger partial charge < -0.3 is 0 Å². The summed E-state index contributed by atoms with van der Waals surface area (Å²) < 4.78 is 0.